The van der Waals surface area contributed by atoms with E-state index in [-0.39, 0.29) is 18.0 Å². The SMILES string of the molecule is CCCCOc1ccc(C2CC(C(=O)N3CCN(c4ncccn4)CC3)NN2)cc1. The van der Waals surface area contributed by atoms with E-state index in [0.717, 1.165) is 56.2 Å². The number of anilines is 1. The van der Waals surface area contributed by atoms with Crippen molar-refractivity contribution in [1.82, 2.24) is 25.7 Å². The number of unbranched alkanes of at least 4 members (excludes halogenated alkanes) is 1. The van der Waals surface area contributed by atoms with Crippen LogP contribution in [0.15, 0.2) is 42.7 Å². The second-order valence-corrected chi connectivity index (χ2v) is 7.76. The molecule has 2 N–H and O–H groups in total. The Morgan fingerprint density at radius 1 is 1.10 bits per heavy atom. The van der Waals surface area contributed by atoms with Crippen molar-refractivity contribution in [2.24, 2.45) is 0 Å². The van der Waals surface area contributed by atoms with E-state index in [1.807, 2.05) is 23.1 Å². The number of nitrogens with one attached hydrogen (secondary N) is 2. The Morgan fingerprint density at radius 2 is 1.83 bits per heavy atom. The van der Waals surface area contributed by atoms with Crippen LogP contribution < -0.4 is 20.5 Å². The topological polar surface area (TPSA) is 82.6 Å². The highest BCUT2D eigenvalue weighted by molar-refractivity contribution is 5.82. The van der Waals surface area contributed by atoms with Gasteiger partial charge in [-0.05, 0) is 36.6 Å². The minimum absolute atomic E-state index is 0.114. The molecule has 4 rings (SSSR count). The van der Waals surface area contributed by atoms with Gasteiger partial charge in [-0.15, -0.1) is 0 Å². The molecule has 2 saturated heterocycles. The Balaban J connectivity index is 1.27. The summed E-state index contributed by atoms with van der Waals surface area (Å²) in [4.78, 5) is 25.6. The van der Waals surface area contributed by atoms with Gasteiger partial charge in [-0.1, -0.05) is 25.5 Å². The summed E-state index contributed by atoms with van der Waals surface area (Å²) in [5.41, 5.74) is 7.63. The number of carbonyl (C=O) groups is 1. The Kier molecular flexibility index (Phi) is 6.76. The second-order valence-electron chi connectivity index (χ2n) is 7.76. The fourth-order valence-corrected chi connectivity index (χ4v) is 3.87. The maximum Gasteiger partial charge on any atom is 0.241 e. The van der Waals surface area contributed by atoms with Crippen LogP contribution in [0.4, 0.5) is 5.95 Å². The van der Waals surface area contributed by atoms with Crippen LogP contribution in [0.1, 0.15) is 37.8 Å². The Labute approximate surface area is 177 Å². The van der Waals surface area contributed by atoms with Gasteiger partial charge in [0.05, 0.1) is 6.61 Å². The number of nitrogens with zero attached hydrogens (tertiary/aromatic N) is 4. The fourth-order valence-electron chi connectivity index (χ4n) is 3.87. The lowest BCUT2D eigenvalue weighted by Crippen LogP contribution is -2.54. The predicted molar refractivity (Wildman–Crippen MR) is 115 cm³/mol. The highest BCUT2D eigenvalue weighted by Gasteiger charge is 2.34. The van der Waals surface area contributed by atoms with Crippen molar-refractivity contribution in [3.63, 3.8) is 0 Å². The summed E-state index contributed by atoms with van der Waals surface area (Å²) in [5.74, 6) is 1.77. The lowest BCUT2D eigenvalue weighted by atomic mass is 10.0. The van der Waals surface area contributed by atoms with Crippen molar-refractivity contribution in [3.05, 3.63) is 48.3 Å². The van der Waals surface area contributed by atoms with Crippen molar-refractivity contribution in [2.45, 2.75) is 38.3 Å². The molecule has 30 heavy (non-hydrogen) atoms. The van der Waals surface area contributed by atoms with E-state index < -0.39 is 0 Å². The molecule has 2 aromatic rings. The zero-order valence-electron chi connectivity index (χ0n) is 17.5. The zero-order valence-corrected chi connectivity index (χ0v) is 17.5. The van der Waals surface area contributed by atoms with Gasteiger partial charge in [0.2, 0.25) is 11.9 Å². The summed E-state index contributed by atoms with van der Waals surface area (Å²) >= 11 is 0. The lowest BCUT2D eigenvalue weighted by Gasteiger charge is -2.35. The number of hydrogen-bond donors (Lipinski definition) is 2. The first-order valence-electron chi connectivity index (χ1n) is 10.8. The van der Waals surface area contributed by atoms with Crippen LogP contribution in [0, 0.1) is 0 Å². The van der Waals surface area contributed by atoms with Crippen molar-refractivity contribution in [2.75, 3.05) is 37.7 Å². The van der Waals surface area contributed by atoms with E-state index in [1.54, 1.807) is 12.4 Å². The molecule has 160 valence electrons. The molecule has 1 aromatic carbocycles. The smallest absolute Gasteiger partial charge is 0.241 e. The number of rotatable bonds is 7. The average Bonchev–Trinajstić information content (AvgIpc) is 3.30. The molecule has 2 aliphatic rings. The number of piperazine rings is 1. The molecule has 0 bridgehead atoms. The van der Waals surface area contributed by atoms with Crippen LogP contribution in [0.2, 0.25) is 0 Å². The van der Waals surface area contributed by atoms with Crippen molar-refractivity contribution in [1.29, 1.82) is 0 Å². The molecule has 2 atom stereocenters. The number of amides is 1. The Bertz CT molecular complexity index is 808. The highest BCUT2D eigenvalue weighted by atomic mass is 16.5. The van der Waals surface area contributed by atoms with E-state index in [1.165, 1.54) is 0 Å². The minimum atomic E-state index is -0.213. The standard InChI is InChI=1S/C22H30N6O2/c1-2-3-15-30-18-7-5-17(6-8-18)19-16-20(26-25-19)21(29)27-11-13-28(14-12-27)22-23-9-4-10-24-22/h4-10,19-20,25-26H,2-3,11-16H2,1H3. The van der Waals surface area contributed by atoms with Gasteiger partial charge in [0, 0.05) is 44.6 Å². The number of hydrazine groups is 1. The molecule has 8 heteroatoms. The molecule has 2 unspecified atom stereocenters. The van der Waals surface area contributed by atoms with Crippen LogP contribution in [0.25, 0.3) is 0 Å². The van der Waals surface area contributed by atoms with Gasteiger partial charge in [0.25, 0.3) is 0 Å². The third-order valence-corrected chi connectivity index (χ3v) is 5.68. The van der Waals surface area contributed by atoms with E-state index >= 15 is 0 Å². The summed E-state index contributed by atoms with van der Waals surface area (Å²) in [6, 6.07) is 9.88. The third kappa shape index (κ3) is 4.88. The van der Waals surface area contributed by atoms with Crippen LogP contribution in [0.3, 0.4) is 0 Å². The molecular formula is C22H30N6O2. The summed E-state index contributed by atoms with van der Waals surface area (Å²) in [6.07, 6.45) is 6.42. The summed E-state index contributed by atoms with van der Waals surface area (Å²) in [5, 5.41) is 0. The van der Waals surface area contributed by atoms with Crippen molar-refractivity contribution >= 4 is 11.9 Å². The van der Waals surface area contributed by atoms with Gasteiger partial charge in [0.1, 0.15) is 11.8 Å². The van der Waals surface area contributed by atoms with E-state index in [2.05, 4.69) is 44.8 Å². The van der Waals surface area contributed by atoms with Gasteiger partial charge in [-0.2, -0.15) is 0 Å². The summed E-state index contributed by atoms with van der Waals surface area (Å²) in [7, 11) is 0. The number of benzene rings is 1. The molecule has 2 fully saturated rings. The van der Waals surface area contributed by atoms with Crippen LogP contribution in [-0.2, 0) is 4.79 Å². The molecule has 0 spiro atoms. The van der Waals surface area contributed by atoms with Crippen molar-refractivity contribution in [3.8, 4) is 5.75 Å². The normalized spacial score (nSPS) is 21.6. The molecule has 0 radical (unpaired) electrons. The largest absolute Gasteiger partial charge is 0.494 e. The first-order chi connectivity index (χ1) is 14.7. The van der Waals surface area contributed by atoms with Gasteiger partial charge in [-0.3, -0.25) is 4.79 Å². The minimum Gasteiger partial charge on any atom is -0.494 e. The van der Waals surface area contributed by atoms with E-state index in [9.17, 15) is 4.79 Å². The maximum absolute atomic E-state index is 13.0. The van der Waals surface area contributed by atoms with Crippen LogP contribution in [0.5, 0.6) is 5.75 Å². The maximum atomic E-state index is 13.0. The molecule has 8 nitrogen and oxygen atoms in total. The lowest BCUT2D eigenvalue weighted by molar-refractivity contribution is -0.133. The van der Waals surface area contributed by atoms with Gasteiger partial charge >= 0.3 is 0 Å². The summed E-state index contributed by atoms with van der Waals surface area (Å²) in [6.45, 7) is 5.77. The predicted octanol–water partition coefficient (Wildman–Crippen LogP) is 1.91. The van der Waals surface area contributed by atoms with Crippen LogP contribution >= 0.6 is 0 Å². The molecular weight excluding hydrogens is 380 g/mol. The molecule has 0 aliphatic carbocycles. The second kappa shape index (κ2) is 9.86. The first-order valence-corrected chi connectivity index (χ1v) is 10.8. The highest BCUT2D eigenvalue weighted by Crippen LogP contribution is 2.25. The molecule has 1 amide bonds. The third-order valence-electron chi connectivity index (χ3n) is 5.68. The Hall–Kier alpha value is -2.71. The van der Waals surface area contributed by atoms with Gasteiger partial charge in [0.15, 0.2) is 0 Å². The number of carbonyl (C=O) groups excluding carboxylic acids is 1. The van der Waals surface area contributed by atoms with Gasteiger partial charge in [-0.25, -0.2) is 20.8 Å². The van der Waals surface area contributed by atoms with Crippen LogP contribution in [-0.4, -0.2) is 59.6 Å². The number of aromatic nitrogens is 2. The van der Waals surface area contributed by atoms with Gasteiger partial charge < -0.3 is 14.5 Å². The Morgan fingerprint density at radius 3 is 2.53 bits per heavy atom. The molecule has 1 aromatic heterocycles. The average molecular weight is 411 g/mol. The van der Waals surface area contributed by atoms with E-state index in [4.69, 9.17) is 4.74 Å². The monoisotopic (exact) mass is 410 g/mol. The number of ether oxygens (including phenoxy) is 1. The molecule has 2 aliphatic heterocycles. The molecule has 0 saturated carbocycles. The fraction of sp³-hybridized carbons (Fsp3) is 0.500. The zero-order chi connectivity index (χ0) is 20.8. The molecule has 3 heterocycles. The number of hydrogen-bond acceptors (Lipinski definition) is 7. The quantitative estimate of drug-likeness (QED) is 0.675. The van der Waals surface area contributed by atoms with E-state index in [0.29, 0.717) is 13.1 Å². The summed E-state index contributed by atoms with van der Waals surface area (Å²) < 4.78 is 5.73. The first kappa shape index (κ1) is 20.6. The van der Waals surface area contributed by atoms with Crippen molar-refractivity contribution < 1.29 is 9.53 Å².